The van der Waals surface area contributed by atoms with Crippen LogP contribution in [-0.2, 0) is 0 Å². The molecule has 1 aromatic carbocycles. The average Bonchev–Trinajstić information content (AvgIpc) is 1.69. The van der Waals surface area contributed by atoms with Gasteiger partial charge in [0.05, 0.1) is 0 Å². The van der Waals surface area contributed by atoms with E-state index >= 15 is 0 Å². The second kappa shape index (κ2) is 4.70. The van der Waals surface area contributed by atoms with Gasteiger partial charge in [0.25, 0.3) is 0 Å². The topological polar surface area (TPSA) is 0 Å². The molecule has 0 N–H and O–H groups in total. The Balaban J connectivity index is 0.000000490. The van der Waals surface area contributed by atoms with Gasteiger partial charge < -0.3 is 0 Å². The largest absolute Gasteiger partial charge is 0.184 e. The van der Waals surface area contributed by atoms with Crippen LogP contribution in [0.2, 0.25) is 5.02 Å². The van der Waals surface area contributed by atoms with Crippen molar-refractivity contribution in [2.75, 3.05) is 0 Å². The number of rotatable bonds is 0. The Morgan fingerprint density at radius 1 is 1.25 bits per heavy atom. The third-order valence-electron chi connectivity index (χ3n) is 0.678. The van der Waals surface area contributed by atoms with Crippen molar-refractivity contribution in [3.05, 3.63) is 35.4 Å². The Labute approximate surface area is 86.3 Å². The van der Waals surface area contributed by atoms with Crippen LogP contribution in [0, 0.1) is 46.5 Å². The predicted octanol–water partition coefficient (Wildman–Crippen LogP) is 2.14. The van der Waals surface area contributed by atoms with Crippen LogP contribution in [0.25, 0.3) is 0 Å². The van der Waals surface area contributed by atoms with Gasteiger partial charge in [-0.2, -0.15) is 30.3 Å². The minimum Gasteiger partial charge on any atom is -0.184 e. The maximum Gasteiger partial charge on any atom is 0 e. The summed E-state index contributed by atoms with van der Waals surface area (Å²) >= 11 is 5.52. The van der Waals surface area contributed by atoms with Gasteiger partial charge in [-0.25, -0.2) is 0 Å². The summed E-state index contributed by atoms with van der Waals surface area (Å²) in [7, 11) is 0. The third-order valence-corrected chi connectivity index (χ3v) is 0.930. The van der Waals surface area contributed by atoms with Crippen molar-refractivity contribution in [2.24, 2.45) is 0 Å². The van der Waals surface area contributed by atoms with Crippen molar-refractivity contribution in [1.29, 1.82) is 0 Å². The quantitative estimate of drug-likeness (QED) is 0.628. The molecule has 0 aliphatic carbocycles. The van der Waals surface area contributed by atoms with Crippen molar-refractivity contribution in [3.8, 4) is 0 Å². The maximum absolute atomic E-state index is 5.52. The van der Waals surface area contributed by atoms with Crippen LogP contribution < -0.4 is 0 Å². The number of benzene rings is 1. The summed E-state index contributed by atoms with van der Waals surface area (Å²) in [5.74, 6) is 0. The standard InChI is InChI=1S/C6H4Cl.Sm/c7-6-4-2-1-3-5-6;/h2-5H;/q-1;. The van der Waals surface area contributed by atoms with E-state index in [1.807, 2.05) is 0 Å². The molecule has 0 fully saturated rings. The van der Waals surface area contributed by atoms with Crippen molar-refractivity contribution in [2.45, 2.75) is 0 Å². The first-order valence-electron chi connectivity index (χ1n) is 2.01. The van der Waals surface area contributed by atoms with E-state index in [9.17, 15) is 0 Å². The fourth-order valence-corrected chi connectivity index (χ4v) is 0.493. The molecule has 0 aromatic heterocycles. The molecule has 0 heterocycles. The molecule has 0 unspecified atom stereocenters. The summed E-state index contributed by atoms with van der Waals surface area (Å²) in [6, 6.07) is 10.00. The van der Waals surface area contributed by atoms with Crippen LogP contribution in [0.1, 0.15) is 0 Å². The molecule has 0 aliphatic rings. The number of hydrogen-bond acceptors (Lipinski definition) is 0. The zero-order valence-electron chi connectivity index (χ0n) is 4.10. The summed E-state index contributed by atoms with van der Waals surface area (Å²) in [5, 5.41) is 0.763. The molecule has 0 spiro atoms. The van der Waals surface area contributed by atoms with Gasteiger partial charge in [0.15, 0.2) is 0 Å². The minimum atomic E-state index is 0. The van der Waals surface area contributed by atoms with E-state index in [4.69, 9.17) is 11.6 Å². The van der Waals surface area contributed by atoms with Crippen molar-refractivity contribution in [1.82, 2.24) is 0 Å². The summed E-state index contributed by atoms with van der Waals surface area (Å²) in [6.07, 6.45) is 0. The SMILES string of the molecule is Clc1cc[c-]cc1.[Sm]. The monoisotopic (exact) mass is 263 g/mol. The molecule has 0 radical (unpaired) electrons. The summed E-state index contributed by atoms with van der Waals surface area (Å²) in [4.78, 5) is 0. The van der Waals surface area contributed by atoms with Crippen LogP contribution in [0.3, 0.4) is 0 Å². The Morgan fingerprint density at radius 2 is 1.75 bits per heavy atom. The van der Waals surface area contributed by atoms with E-state index in [1.54, 1.807) is 24.3 Å². The van der Waals surface area contributed by atoms with Crippen molar-refractivity contribution >= 4 is 11.6 Å². The fourth-order valence-electron chi connectivity index (χ4n) is 0.367. The van der Waals surface area contributed by atoms with E-state index in [0.29, 0.717) is 0 Å². The molecule has 2 heteroatoms. The average molecular weight is 262 g/mol. The van der Waals surface area contributed by atoms with Gasteiger partial charge in [-0.15, -0.1) is 11.6 Å². The smallest absolute Gasteiger partial charge is 0 e. The van der Waals surface area contributed by atoms with E-state index < -0.39 is 0 Å². The molecule has 0 bridgehead atoms. The first-order valence-corrected chi connectivity index (χ1v) is 2.39. The zero-order chi connectivity index (χ0) is 5.11. The van der Waals surface area contributed by atoms with E-state index in [0.717, 1.165) is 5.02 Å². The summed E-state index contributed by atoms with van der Waals surface area (Å²) < 4.78 is 0. The molecule has 0 atom stereocenters. The first kappa shape index (κ1) is 8.85. The predicted molar refractivity (Wildman–Crippen MR) is 30.3 cm³/mol. The minimum absolute atomic E-state index is 0. The van der Waals surface area contributed by atoms with Gasteiger partial charge in [0, 0.05) is 40.4 Å². The molecular formula is C6H4ClSm-. The van der Waals surface area contributed by atoms with Crippen LogP contribution >= 0.6 is 11.6 Å². The molecule has 0 saturated carbocycles. The van der Waals surface area contributed by atoms with Crippen LogP contribution in [-0.4, -0.2) is 0 Å². The summed E-state index contributed by atoms with van der Waals surface area (Å²) in [6.45, 7) is 0. The van der Waals surface area contributed by atoms with Crippen molar-refractivity contribution in [3.63, 3.8) is 0 Å². The first-order chi connectivity index (χ1) is 3.39. The zero-order valence-corrected chi connectivity index (χ0v) is 7.47. The van der Waals surface area contributed by atoms with Gasteiger partial charge in [0.2, 0.25) is 0 Å². The van der Waals surface area contributed by atoms with Crippen LogP contribution in [0.5, 0.6) is 0 Å². The molecule has 1 rings (SSSR count). The molecule has 42 valence electrons. The number of hydrogen-bond donors (Lipinski definition) is 0. The molecule has 0 aliphatic heterocycles. The van der Waals surface area contributed by atoms with Gasteiger partial charge in [-0.1, -0.05) is 5.02 Å². The Hall–Kier alpha value is 0.848. The Morgan fingerprint density at radius 3 is 2.00 bits per heavy atom. The van der Waals surface area contributed by atoms with E-state index in [2.05, 4.69) is 6.07 Å². The molecule has 0 nitrogen and oxygen atoms in total. The number of halogens is 1. The maximum atomic E-state index is 5.52. The van der Waals surface area contributed by atoms with Crippen molar-refractivity contribution < 1.29 is 40.4 Å². The van der Waals surface area contributed by atoms with Crippen LogP contribution in [0.4, 0.5) is 0 Å². The van der Waals surface area contributed by atoms with Crippen LogP contribution in [0.15, 0.2) is 24.3 Å². The third kappa shape index (κ3) is 2.99. The fraction of sp³-hybridized carbons (Fsp3) is 0. The molecule has 8 heavy (non-hydrogen) atoms. The Kier molecular flexibility index (Phi) is 5.20. The molecular weight excluding hydrogens is 258 g/mol. The van der Waals surface area contributed by atoms with E-state index in [1.165, 1.54) is 0 Å². The van der Waals surface area contributed by atoms with Gasteiger partial charge >= 0.3 is 0 Å². The van der Waals surface area contributed by atoms with Gasteiger partial charge in [-0.3, -0.25) is 0 Å². The molecule has 0 saturated heterocycles. The van der Waals surface area contributed by atoms with Gasteiger partial charge in [0.1, 0.15) is 0 Å². The second-order valence-corrected chi connectivity index (χ2v) is 1.65. The normalized spacial score (nSPS) is 7.62. The molecule has 1 aromatic rings. The van der Waals surface area contributed by atoms with Gasteiger partial charge in [-0.05, 0) is 0 Å². The summed E-state index contributed by atoms with van der Waals surface area (Å²) in [5.41, 5.74) is 0. The Bertz CT molecular complexity index is 138. The second-order valence-electron chi connectivity index (χ2n) is 1.22. The van der Waals surface area contributed by atoms with E-state index in [-0.39, 0.29) is 40.4 Å². The molecule has 0 amide bonds.